The number of rotatable bonds is 3. The summed E-state index contributed by atoms with van der Waals surface area (Å²) in [5.74, 6) is 0. The molecule has 0 amide bonds. The number of aromatic amines is 1. The summed E-state index contributed by atoms with van der Waals surface area (Å²) < 4.78 is 2.04. The zero-order valence-electron chi connectivity index (χ0n) is 11.2. The van der Waals surface area contributed by atoms with Crippen molar-refractivity contribution < 1.29 is 0 Å². The summed E-state index contributed by atoms with van der Waals surface area (Å²) in [6, 6.07) is 6.41. The molecular weight excluding hydrogens is 236 g/mol. The van der Waals surface area contributed by atoms with Crippen molar-refractivity contribution >= 4 is 10.9 Å². The van der Waals surface area contributed by atoms with Crippen molar-refractivity contribution in [1.82, 2.24) is 14.5 Å². The second kappa shape index (κ2) is 4.55. The van der Waals surface area contributed by atoms with E-state index in [4.69, 9.17) is 5.73 Å². The summed E-state index contributed by atoms with van der Waals surface area (Å²) in [5.41, 5.74) is 10.4. The molecule has 2 aromatic heterocycles. The van der Waals surface area contributed by atoms with Gasteiger partial charge in [0.05, 0.1) is 12.0 Å². The van der Waals surface area contributed by atoms with E-state index >= 15 is 0 Å². The van der Waals surface area contributed by atoms with Gasteiger partial charge < -0.3 is 15.3 Å². The molecule has 0 aliphatic carbocycles. The zero-order chi connectivity index (χ0) is 13.4. The molecule has 0 bridgehead atoms. The first kappa shape index (κ1) is 12.0. The van der Waals surface area contributed by atoms with Crippen molar-refractivity contribution in [1.29, 1.82) is 0 Å². The van der Waals surface area contributed by atoms with Crippen LogP contribution < -0.4 is 5.73 Å². The number of aryl methyl sites for hydroxylation is 1. The van der Waals surface area contributed by atoms with E-state index in [9.17, 15) is 0 Å². The number of fused-ring (bicyclic) bond motifs is 1. The molecule has 0 saturated carbocycles. The zero-order valence-corrected chi connectivity index (χ0v) is 11.2. The van der Waals surface area contributed by atoms with Gasteiger partial charge >= 0.3 is 0 Å². The highest BCUT2D eigenvalue weighted by molar-refractivity contribution is 5.96. The van der Waals surface area contributed by atoms with Crippen LogP contribution >= 0.6 is 0 Å². The lowest BCUT2D eigenvalue weighted by Crippen LogP contribution is -2.21. The maximum Gasteiger partial charge on any atom is 0.0954 e. The van der Waals surface area contributed by atoms with Crippen LogP contribution in [-0.2, 0) is 6.54 Å². The Morgan fingerprint density at radius 2 is 2.26 bits per heavy atom. The molecule has 1 aromatic carbocycles. The molecule has 2 heterocycles. The van der Waals surface area contributed by atoms with Gasteiger partial charge in [-0.25, -0.2) is 4.98 Å². The minimum absolute atomic E-state index is 0.131. The standard InChI is InChI=1S/C15H18N4/c1-10-4-3-5-13-15(10)12(6-17-13)14-8-19(9-18-14)7-11(2)16/h3-6,8-9,11,17H,7,16H2,1-2H3. The molecule has 0 fully saturated rings. The molecule has 98 valence electrons. The largest absolute Gasteiger partial charge is 0.360 e. The van der Waals surface area contributed by atoms with Gasteiger partial charge in [-0.15, -0.1) is 0 Å². The highest BCUT2D eigenvalue weighted by Gasteiger charge is 2.10. The Bertz CT molecular complexity index is 706. The van der Waals surface area contributed by atoms with Crippen molar-refractivity contribution in [3.63, 3.8) is 0 Å². The van der Waals surface area contributed by atoms with Crippen molar-refractivity contribution in [3.05, 3.63) is 42.5 Å². The van der Waals surface area contributed by atoms with Crippen LogP contribution in [-0.4, -0.2) is 20.6 Å². The van der Waals surface area contributed by atoms with E-state index in [-0.39, 0.29) is 6.04 Å². The molecule has 3 N–H and O–H groups in total. The van der Waals surface area contributed by atoms with Crippen LogP contribution in [0, 0.1) is 6.92 Å². The molecule has 4 nitrogen and oxygen atoms in total. The normalized spacial score (nSPS) is 13.0. The molecule has 0 aliphatic heterocycles. The monoisotopic (exact) mass is 254 g/mol. The van der Waals surface area contributed by atoms with E-state index in [1.807, 2.05) is 24.0 Å². The molecule has 19 heavy (non-hydrogen) atoms. The fourth-order valence-corrected chi connectivity index (χ4v) is 2.50. The Balaban J connectivity index is 2.07. The van der Waals surface area contributed by atoms with Gasteiger partial charge in [0.25, 0.3) is 0 Å². The van der Waals surface area contributed by atoms with Crippen LogP contribution in [0.15, 0.2) is 36.9 Å². The van der Waals surface area contributed by atoms with Crippen molar-refractivity contribution in [2.45, 2.75) is 26.4 Å². The number of nitrogens with zero attached hydrogens (tertiary/aromatic N) is 2. The Morgan fingerprint density at radius 3 is 3.05 bits per heavy atom. The molecule has 0 radical (unpaired) electrons. The molecule has 1 unspecified atom stereocenters. The fourth-order valence-electron chi connectivity index (χ4n) is 2.50. The van der Waals surface area contributed by atoms with Gasteiger partial charge in [-0.1, -0.05) is 12.1 Å². The molecule has 0 aliphatic rings. The third-order valence-corrected chi connectivity index (χ3v) is 3.32. The van der Waals surface area contributed by atoms with Gasteiger partial charge in [0.15, 0.2) is 0 Å². The van der Waals surface area contributed by atoms with E-state index in [1.165, 1.54) is 10.9 Å². The number of hydrogen-bond donors (Lipinski definition) is 2. The maximum absolute atomic E-state index is 5.81. The van der Waals surface area contributed by atoms with Crippen LogP contribution in [0.5, 0.6) is 0 Å². The van der Waals surface area contributed by atoms with Crippen LogP contribution in [0.3, 0.4) is 0 Å². The van der Waals surface area contributed by atoms with Crippen LogP contribution in [0.4, 0.5) is 0 Å². The topological polar surface area (TPSA) is 59.6 Å². The number of nitrogens with two attached hydrogens (primary N) is 1. The van der Waals surface area contributed by atoms with E-state index in [1.54, 1.807) is 0 Å². The minimum Gasteiger partial charge on any atom is -0.360 e. The van der Waals surface area contributed by atoms with E-state index in [0.717, 1.165) is 23.3 Å². The first-order valence-electron chi connectivity index (χ1n) is 6.49. The highest BCUT2D eigenvalue weighted by atomic mass is 15.0. The quantitative estimate of drug-likeness (QED) is 0.755. The summed E-state index contributed by atoms with van der Waals surface area (Å²) in [6.45, 7) is 4.91. The van der Waals surface area contributed by atoms with Gasteiger partial charge in [-0.3, -0.25) is 0 Å². The Hall–Kier alpha value is -2.07. The Morgan fingerprint density at radius 1 is 1.42 bits per heavy atom. The van der Waals surface area contributed by atoms with Gasteiger partial charge in [-0.2, -0.15) is 0 Å². The molecule has 0 saturated heterocycles. The minimum atomic E-state index is 0.131. The predicted molar refractivity (Wildman–Crippen MR) is 77.9 cm³/mol. The summed E-state index contributed by atoms with van der Waals surface area (Å²) >= 11 is 0. The number of benzene rings is 1. The number of nitrogens with one attached hydrogen (secondary N) is 1. The molecular formula is C15H18N4. The van der Waals surface area contributed by atoms with Crippen LogP contribution in [0.1, 0.15) is 12.5 Å². The lowest BCUT2D eigenvalue weighted by atomic mass is 10.1. The maximum atomic E-state index is 5.81. The summed E-state index contributed by atoms with van der Waals surface area (Å²) in [6.07, 6.45) is 5.92. The van der Waals surface area contributed by atoms with Crippen molar-refractivity contribution in [2.75, 3.05) is 0 Å². The molecule has 4 heteroatoms. The third kappa shape index (κ3) is 2.15. The average Bonchev–Trinajstić information content (AvgIpc) is 2.95. The number of aromatic nitrogens is 3. The smallest absolute Gasteiger partial charge is 0.0954 e. The Kier molecular flexibility index (Phi) is 2.87. The first-order chi connectivity index (χ1) is 9.15. The van der Waals surface area contributed by atoms with Gasteiger partial charge in [0.1, 0.15) is 0 Å². The van der Waals surface area contributed by atoms with Crippen LogP contribution in [0.25, 0.3) is 22.2 Å². The summed E-state index contributed by atoms with van der Waals surface area (Å²) in [4.78, 5) is 7.79. The fraction of sp³-hybridized carbons (Fsp3) is 0.267. The van der Waals surface area contributed by atoms with Gasteiger partial charge in [0.2, 0.25) is 0 Å². The molecule has 3 rings (SSSR count). The first-order valence-corrected chi connectivity index (χ1v) is 6.49. The van der Waals surface area contributed by atoms with Gasteiger partial charge in [-0.05, 0) is 25.5 Å². The lowest BCUT2D eigenvalue weighted by molar-refractivity contribution is 0.589. The second-order valence-electron chi connectivity index (χ2n) is 5.13. The number of imidazole rings is 1. The molecule has 0 spiro atoms. The van der Waals surface area contributed by atoms with Crippen LogP contribution in [0.2, 0.25) is 0 Å². The van der Waals surface area contributed by atoms with Crippen molar-refractivity contribution in [3.8, 4) is 11.3 Å². The second-order valence-corrected chi connectivity index (χ2v) is 5.13. The third-order valence-electron chi connectivity index (χ3n) is 3.32. The SMILES string of the molecule is Cc1cccc2[nH]cc(-c3cn(CC(C)N)cn3)c12. The highest BCUT2D eigenvalue weighted by Crippen LogP contribution is 2.29. The number of H-pyrrole nitrogens is 1. The average molecular weight is 254 g/mol. The molecule has 3 aromatic rings. The Labute approximate surface area is 112 Å². The predicted octanol–water partition coefficient (Wildman–Crippen LogP) is 2.69. The lowest BCUT2D eigenvalue weighted by Gasteiger charge is -2.04. The number of hydrogen-bond acceptors (Lipinski definition) is 2. The summed E-state index contributed by atoms with van der Waals surface area (Å²) in [5, 5.41) is 1.24. The van der Waals surface area contributed by atoms with E-state index in [2.05, 4.69) is 41.3 Å². The van der Waals surface area contributed by atoms with Crippen molar-refractivity contribution in [2.24, 2.45) is 5.73 Å². The van der Waals surface area contributed by atoms with E-state index in [0.29, 0.717) is 0 Å². The van der Waals surface area contributed by atoms with E-state index < -0.39 is 0 Å². The van der Waals surface area contributed by atoms with Gasteiger partial charge in [0, 0.05) is 41.4 Å². The summed E-state index contributed by atoms with van der Waals surface area (Å²) in [7, 11) is 0. The molecule has 1 atom stereocenters.